The number of carbonyl (C=O) groups is 1. The molecule has 0 aromatic carbocycles. The first-order chi connectivity index (χ1) is 9.52. The van der Waals surface area contributed by atoms with Crippen molar-refractivity contribution in [2.45, 2.75) is 46.1 Å². The number of hydrogen-bond acceptors (Lipinski definition) is 3. The molecule has 0 saturated carbocycles. The lowest BCUT2D eigenvalue weighted by Crippen LogP contribution is -2.40. The second-order valence-electron chi connectivity index (χ2n) is 5.80. The summed E-state index contributed by atoms with van der Waals surface area (Å²) in [7, 11) is 0. The predicted molar refractivity (Wildman–Crippen MR) is 82.0 cm³/mol. The van der Waals surface area contributed by atoms with E-state index in [0.717, 1.165) is 31.9 Å². The fourth-order valence-corrected chi connectivity index (χ4v) is 2.87. The molecule has 110 valence electrons. The van der Waals surface area contributed by atoms with Gasteiger partial charge in [0.25, 0.3) is 0 Å². The highest BCUT2D eigenvalue weighted by Crippen LogP contribution is 2.23. The molecule has 1 aromatic heterocycles. The number of nitrogens with zero attached hydrogens (tertiary/aromatic N) is 3. The fourth-order valence-electron chi connectivity index (χ4n) is 2.87. The minimum atomic E-state index is 0.169. The maximum atomic E-state index is 11.6. The van der Waals surface area contributed by atoms with Crippen LogP contribution in [0, 0.1) is 0 Å². The number of likely N-dealkylation sites (N-methyl/N-ethyl adjacent to an activating group) is 1. The van der Waals surface area contributed by atoms with E-state index in [4.69, 9.17) is 0 Å². The van der Waals surface area contributed by atoms with Crippen molar-refractivity contribution >= 4 is 11.7 Å². The van der Waals surface area contributed by atoms with Gasteiger partial charge in [0.2, 0.25) is 5.91 Å². The Morgan fingerprint density at radius 1 is 1.50 bits per heavy atom. The van der Waals surface area contributed by atoms with Crippen molar-refractivity contribution in [1.82, 2.24) is 9.88 Å². The van der Waals surface area contributed by atoms with E-state index in [0.29, 0.717) is 12.0 Å². The molecule has 2 heterocycles. The van der Waals surface area contributed by atoms with Gasteiger partial charge in [-0.1, -0.05) is 19.9 Å². The standard InChI is InChI=1S/C16H25N3O/c1-5-19(13(4)20)15-8-9-18(11-15)16-7-6-14(10-17-16)12(2)3/h6-7,10,12,15H,5,8-9,11H2,1-4H3. The largest absolute Gasteiger partial charge is 0.354 e. The summed E-state index contributed by atoms with van der Waals surface area (Å²) >= 11 is 0. The molecule has 1 fully saturated rings. The van der Waals surface area contributed by atoms with Crippen LogP contribution in [0.5, 0.6) is 0 Å². The highest BCUT2D eigenvalue weighted by molar-refractivity contribution is 5.73. The number of rotatable bonds is 4. The van der Waals surface area contributed by atoms with Gasteiger partial charge in [-0.2, -0.15) is 0 Å². The third-order valence-electron chi connectivity index (χ3n) is 4.11. The van der Waals surface area contributed by atoms with Crippen molar-refractivity contribution < 1.29 is 4.79 Å². The lowest BCUT2D eigenvalue weighted by molar-refractivity contribution is -0.130. The van der Waals surface area contributed by atoms with Crippen molar-refractivity contribution in [3.8, 4) is 0 Å². The molecule has 1 aliphatic heterocycles. The summed E-state index contributed by atoms with van der Waals surface area (Å²) in [5.41, 5.74) is 1.27. The van der Waals surface area contributed by atoms with Crippen molar-refractivity contribution in [1.29, 1.82) is 0 Å². The Hall–Kier alpha value is -1.58. The molecule has 1 amide bonds. The van der Waals surface area contributed by atoms with E-state index in [-0.39, 0.29) is 5.91 Å². The topological polar surface area (TPSA) is 36.4 Å². The molecule has 2 rings (SSSR count). The van der Waals surface area contributed by atoms with Gasteiger partial charge in [-0.3, -0.25) is 4.79 Å². The van der Waals surface area contributed by atoms with Crippen LogP contribution in [0.1, 0.15) is 45.6 Å². The number of pyridine rings is 1. The van der Waals surface area contributed by atoms with Gasteiger partial charge >= 0.3 is 0 Å². The molecule has 1 atom stereocenters. The zero-order chi connectivity index (χ0) is 14.7. The number of carbonyl (C=O) groups excluding carboxylic acids is 1. The van der Waals surface area contributed by atoms with E-state index in [9.17, 15) is 4.79 Å². The van der Waals surface area contributed by atoms with Crippen LogP contribution < -0.4 is 4.90 Å². The van der Waals surface area contributed by atoms with Gasteiger partial charge in [0.15, 0.2) is 0 Å². The molecule has 1 saturated heterocycles. The molecule has 1 aromatic rings. The summed E-state index contributed by atoms with van der Waals surface area (Å²) in [5.74, 6) is 1.70. The van der Waals surface area contributed by atoms with Crippen LogP contribution in [0.25, 0.3) is 0 Å². The second kappa shape index (κ2) is 6.25. The van der Waals surface area contributed by atoms with Crippen molar-refractivity contribution in [3.63, 3.8) is 0 Å². The van der Waals surface area contributed by atoms with Crippen molar-refractivity contribution in [2.24, 2.45) is 0 Å². The predicted octanol–water partition coefficient (Wildman–Crippen LogP) is 2.65. The lowest BCUT2D eigenvalue weighted by Gasteiger charge is -2.27. The van der Waals surface area contributed by atoms with Gasteiger partial charge < -0.3 is 9.80 Å². The van der Waals surface area contributed by atoms with Gasteiger partial charge in [0.05, 0.1) is 6.04 Å². The Morgan fingerprint density at radius 3 is 2.75 bits per heavy atom. The molecule has 1 aliphatic rings. The minimum Gasteiger partial charge on any atom is -0.354 e. The summed E-state index contributed by atoms with van der Waals surface area (Å²) in [6.45, 7) is 10.7. The number of hydrogen-bond donors (Lipinski definition) is 0. The average molecular weight is 275 g/mol. The summed E-state index contributed by atoms with van der Waals surface area (Å²) in [4.78, 5) is 20.4. The highest BCUT2D eigenvalue weighted by Gasteiger charge is 2.28. The first-order valence-corrected chi connectivity index (χ1v) is 7.51. The SMILES string of the molecule is CCN(C(C)=O)C1CCN(c2ccc(C(C)C)cn2)C1. The zero-order valence-electron chi connectivity index (χ0n) is 13.0. The maximum Gasteiger partial charge on any atom is 0.219 e. The van der Waals surface area contributed by atoms with E-state index in [1.54, 1.807) is 6.92 Å². The Morgan fingerprint density at radius 2 is 2.25 bits per heavy atom. The molecule has 1 unspecified atom stereocenters. The van der Waals surface area contributed by atoms with Gasteiger partial charge in [-0.05, 0) is 30.9 Å². The summed E-state index contributed by atoms with van der Waals surface area (Å²) in [6.07, 6.45) is 3.00. The number of anilines is 1. The van der Waals surface area contributed by atoms with Crippen molar-refractivity contribution in [3.05, 3.63) is 23.9 Å². The second-order valence-corrected chi connectivity index (χ2v) is 5.80. The van der Waals surface area contributed by atoms with Crippen LogP contribution in [-0.4, -0.2) is 41.5 Å². The van der Waals surface area contributed by atoms with E-state index >= 15 is 0 Å². The summed E-state index contributed by atoms with van der Waals surface area (Å²) < 4.78 is 0. The van der Waals surface area contributed by atoms with Crippen molar-refractivity contribution in [2.75, 3.05) is 24.5 Å². The molecular formula is C16H25N3O. The van der Waals surface area contributed by atoms with Crippen LogP contribution in [-0.2, 0) is 4.79 Å². The monoisotopic (exact) mass is 275 g/mol. The fraction of sp³-hybridized carbons (Fsp3) is 0.625. The Labute approximate surface area is 121 Å². The third kappa shape index (κ3) is 3.11. The molecule has 0 aliphatic carbocycles. The normalized spacial score (nSPS) is 18.6. The van der Waals surface area contributed by atoms with Crippen LogP contribution in [0.3, 0.4) is 0 Å². The van der Waals surface area contributed by atoms with Gasteiger partial charge in [-0.25, -0.2) is 4.98 Å². The molecule has 20 heavy (non-hydrogen) atoms. The molecule has 0 N–H and O–H groups in total. The summed E-state index contributed by atoms with van der Waals surface area (Å²) in [5, 5.41) is 0. The summed E-state index contributed by atoms with van der Waals surface area (Å²) in [6, 6.07) is 4.58. The lowest BCUT2D eigenvalue weighted by atomic mass is 10.1. The molecule has 0 bridgehead atoms. The highest BCUT2D eigenvalue weighted by atomic mass is 16.2. The third-order valence-corrected chi connectivity index (χ3v) is 4.11. The van der Waals surface area contributed by atoms with Gasteiger partial charge in [0, 0.05) is 32.8 Å². The smallest absolute Gasteiger partial charge is 0.219 e. The van der Waals surface area contributed by atoms with E-state index in [1.165, 1.54) is 5.56 Å². The van der Waals surface area contributed by atoms with E-state index < -0.39 is 0 Å². The van der Waals surface area contributed by atoms with E-state index in [2.05, 4.69) is 35.9 Å². The van der Waals surface area contributed by atoms with Crippen LogP contribution >= 0.6 is 0 Å². The van der Waals surface area contributed by atoms with Crippen LogP contribution in [0.4, 0.5) is 5.82 Å². The molecule has 4 heteroatoms. The number of aromatic nitrogens is 1. The number of amides is 1. The van der Waals surface area contributed by atoms with Crippen LogP contribution in [0.2, 0.25) is 0 Å². The molecular weight excluding hydrogens is 250 g/mol. The first-order valence-electron chi connectivity index (χ1n) is 7.51. The zero-order valence-corrected chi connectivity index (χ0v) is 13.0. The average Bonchev–Trinajstić information content (AvgIpc) is 2.88. The first kappa shape index (κ1) is 14.8. The molecule has 4 nitrogen and oxygen atoms in total. The Balaban J connectivity index is 2.03. The van der Waals surface area contributed by atoms with Gasteiger partial charge in [-0.15, -0.1) is 0 Å². The molecule has 0 spiro atoms. The Kier molecular flexibility index (Phi) is 4.63. The molecule has 0 radical (unpaired) electrons. The van der Waals surface area contributed by atoms with Gasteiger partial charge in [0.1, 0.15) is 5.82 Å². The van der Waals surface area contributed by atoms with Crippen LogP contribution in [0.15, 0.2) is 18.3 Å². The van der Waals surface area contributed by atoms with E-state index in [1.807, 2.05) is 18.0 Å². The minimum absolute atomic E-state index is 0.169. The Bertz CT molecular complexity index is 455. The maximum absolute atomic E-state index is 11.6. The quantitative estimate of drug-likeness (QED) is 0.847.